The zero-order valence-electron chi connectivity index (χ0n) is 13.6. The third kappa shape index (κ3) is 4.83. The number of nitro benzene ring substituents is 1. The smallest absolute Gasteiger partial charge is 0.269 e. The van der Waals surface area contributed by atoms with Crippen LogP contribution in [0.5, 0.6) is 0 Å². The van der Waals surface area contributed by atoms with Crippen LogP contribution in [-0.2, 0) is 0 Å². The Hall–Kier alpha value is -1.31. The molecular weight excluding hydrogens is 314 g/mol. The number of nitro groups is 1. The van der Waals surface area contributed by atoms with E-state index in [0.29, 0.717) is 6.04 Å². The van der Waals surface area contributed by atoms with Gasteiger partial charge in [0.2, 0.25) is 0 Å². The summed E-state index contributed by atoms with van der Waals surface area (Å²) in [4.78, 5) is 12.6. The summed E-state index contributed by atoms with van der Waals surface area (Å²) in [6, 6.07) is 7.51. The van der Waals surface area contributed by atoms with Gasteiger partial charge in [0.15, 0.2) is 0 Å². The molecule has 0 spiro atoms. The molecule has 0 amide bonds. The molecule has 2 N–H and O–H groups in total. The van der Waals surface area contributed by atoms with Crippen LogP contribution in [0.1, 0.15) is 19.8 Å². The summed E-state index contributed by atoms with van der Waals surface area (Å²) in [7, 11) is 0. The number of nitrogens with one attached hydrogen (secondary N) is 1. The van der Waals surface area contributed by atoms with E-state index in [0.717, 1.165) is 31.6 Å². The normalized spacial score (nSPS) is 18.7. The van der Waals surface area contributed by atoms with Crippen molar-refractivity contribution in [2.75, 3.05) is 30.9 Å². The number of anilines is 1. The van der Waals surface area contributed by atoms with Crippen LogP contribution in [0.2, 0.25) is 0 Å². The van der Waals surface area contributed by atoms with Crippen LogP contribution in [0.4, 0.5) is 11.4 Å². The number of hydrogen-bond acceptors (Lipinski definition) is 6. The maximum absolute atomic E-state index is 10.7. The summed E-state index contributed by atoms with van der Waals surface area (Å²) in [5.74, 6) is 0. The lowest BCUT2D eigenvalue weighted by Crippen LogP contribution is -2.48. The highest BCUT2D eigenvalue weighted by molar-refractivity contribution is 7.99. The SMILES string of the molecule is CSC(CO)C(C)NC1CCN(c2ccc([N+](=O)[O-])cc2)CC1. The van der Waals surface area contributed by atoms with Crippen LogP contribution >= 0.6 is 11.8 Å². The highest BCUT2D eigenvalue weighted by Crippen LogP contribution is 2.23. The molecule has 0 aliphatic carbocycles. The molecule has 1 heterocycles. The molecule has 6 nitrogen and oxygen atoms in total. The topological polar surface area (TPSA) is 78.6 Å². The molecule has 0 saturated carbocycles. The Bertz CT molecular complexity index is 500. The predicted molar refractivity (Wildman–Crippen MR) is 95.3 cm³/mol. The van der Waals surface area contributed by atoms with Gasteiger partial charge in [-0.1, -0.05) is 0 Å². The molecule has 1 aliphatic rings. The van der Waals surface area contributed by atoms with Crippen LogP contribution in [0.25, 0.3) is 0 Å². The van der Waals surface area contributed by atoms with Crippen molar-refractivity contribution in [3.8, 4) is 0 Å². The maximum Gasteiger partial charge on any atom is 0.269 e. The lowest BCUT2D eigenvalue weighted by atomic mass is 10.0. The van der Waals surface area contributed by atoms with Gasteiger partial charge in [-0.05, 0) is 38.2 Å². The van der Waals surface area contributed by atoms with E-state index in [1.54, 1.807) is 23.9 Å². The first-order valence-electron chi connectivity index (χ1n) is 7.94. The van der Waals surface area contributed by atoms with Gasteiger partial charge in [-0.2, -0.15) is 11.8 Å². The van der Waals surface area contributed by atoms with Crippen molar-refractivity contribution in [3.63, 3.8) is 0 Å². The lowest BCUT2D eigenvalue weighted by molar-refractivity contribution is -0.384. The number of rotatable bonds is 7. The highest BCUT2D eigenvalue weighted by atomic mass is 32.2. The number of hydrogen-bond donors (Lipinski definition) is 2. The molecule has 2 rings (SSSR count). The fourth-order valence-electron chi connectivity index (χ4n) is 3.01. The predicted octanol–water partition coefficient (Wildman–Crippen LogP) is 2.27. The van der Waals surface area contributed by atoms with Gasteiger partial charge in [0.1, 0.15) is 0 Å². The Morgan fingerprint density at radius 3 is 2.48 bits per heavy atom. The van der Waals surface area contributed by atoms with Crippen LogP contribution in [0, 0.1) is 10.1 Å². The fourth-order valence-corrected chi connectivity index (χ4v) is 3.64. The van der Waals surface area contributed by atoms with Crippen molar-refractivity contribution in [2.24, 2.45) is 0 Å². The van der Waals surface area contributed by atoms with Crippen LogP contribution in [0.15, 0.2) is 24.3 Å². The minimum Gasteiger partial charge on any atom is -0.395 e. The monoisotopic (exact) mass is 339 g/mol. The molecule has 1 fully saturated rings. The first kappa shape index (κ1) is 18.0. The molecule has 2 unspecified atom stereocenters. The fraction of sp³-hybridized carbons (Fsp3) is 0.625. The van der Waals surface area contributed by atoms with Crippen LogP contribution in [0.3, 0.4) is 0 Å². The number of piperidine rings is 1. The van der Waals surface area contributed by atoms with Gasteiger partial charge < -0.3 is 15.3 Å². The Kier molecular flexibility index (Phi) is 6.68. The number of thioether (sulfide) groups is 1. The molecule has 7 heteroatoms. The third-order valence-electron chi connectivity index (χ3n) is 4.46. The van der Waals surface area contributed by atoms with Gasteiger partial charge in [0.05, 0.1) is 11.5 Å². The minimum atomic E-state index is -0.370. The second-order valence-corrected chi connectivity index (χ2v) is 7.02. The second kappa shape index (κ2) is 8.52. The Morgan fingerprint density at radius 1 is 1.39 bits per heavy atom. The second-order valence-electron chi connectivity index (χ2n) is 5.95. The molecular formula is C16H25N3O3S. The lowest BCUT2D eigenvalue weighted by Gasteiger charge is -2.36. The molecule has 2 atom stereocenters. The van der Waals surface area contributed by atoms with E-state index in [4.69, 9.17) is 0 Å². The average Bonchev–Trinajstić information content (AvgIpc) is 2.57. The molecule has 1 aliphatic heterocycles. The average molecular weight is 339 g/mol. The van der Waals surface area contributed by atoms with E-state index in [-0.39, 0.29) is 28.5 Å². The van der Waals surface area contributed by atoms with Crippen LogP contribution in [-0.4, -0.2) is 53.3 Å². The van der Waals surface area contributed by atoms with E-state index in [1.165, 1.54) is 0 Å². The number of benzene rings is 1. The number of aliphatic hydroxyl groups is 1. The molecule has 0 bridgehead atoms. The van der Waals surface area contributed by atoms with Crippen molar-refractivity contribution in [2.45, 2.75) is 37.1 Å². The first-order chi connectivity index (χ1) is 11.0. The Labute approximate surface area is 141 Å². The van der Waals surface area contributed by atoms with Gasteiger partial charge in [0.25, 0.3) is 5.69 Å². The van der Waals surface area contributed by atoms with Gasteiger partial charge in [-0.15, -0.1) is 0 Å². The molecule has 1 saturated heterocycles. The Morgan fingerprint density at radius 2 is 2.00 bits per heavy atom. The van der Waals surface area contributed by atoms with Gasteiger partial charge in [-0.25, -0.2) is 0 Å². The zero-order chi connectivity index (χ0) is 16.8. The van der Waals surface area contributed by atoms with Gasteiger partial charge >= 0.3 is 0 Å². The standard InChI is InChI=1S/C16H25N3O3S/c1-12(16(11-20)23-2)17-13-7-9-18(10-8-13)14-3-5-15(6-4-14)19(21)22/h3-6,12-13,16-17,20H,7-11H2,1-2H3. The largest absolute Gasteiger partial charge is 0.395 e. The van der Waals surface area contributed by atoms with Crippen molar-refractivity contribution in [1.29, 1.82) is 0 Å². The van der Waals surface area contributed by atoms with Crippen LogP contribution < -0.4 is 10.2 Å². The number of nitrogens with zero attached hydrogens (tertiary/aromatic N) is 2. The number of non-ortho nitro benzene ring substituents is 1. The first-order valence-corrected chi connectivity index (χ1v) is 9.23. The molecule has 23 heavy (non-hydrogen) atoms. The summed E-state index contributed by atoms with van der Waals surface area (Å²) >= 11 is 1.69. The number of aliphatic hydroxyl groups excluding tert-OH is 1. The summed E-state index contributed by atoms with van der Waals surface area (Å²) in [6.07, 6.45) is 4.10. The minimum absolute atomic E-state index is 0.131. The molecule has 128 valence electrons. The van der Waals surface area contributed by atoms with E-state index in [1.807, 2.05) is 18.4 Å². The maximum atomic E-state index is 10.7. The van der Waals surface area contributed by atoms with Gasteiger partial charge in [0, 0.05) is 48.2 Å². The molecule has 0 aromatic heterocycles. The van der Waals surface area contributed by atoms with E-state index < -0.39 is 0 Å². The Balaban J connectivity index is 1.85. The zero-order valence-corrected chi connectivity index (χ0v) is 14.5. The molecule has 1 aromatic carbocycles. The van der Waals surface area contributed by atoms with Gasteiger partial charge in [-0.3, -0.25) is 10.1 Å². The summed E-state index contributed by atoms with van der Waals surface area (Å²) < 4.78 is 0. The quantitative estimate of drug-likeness (QED) is 0.586. The summed E-state index contributed by atoms with van der Waals surface area (Å²) in [5.41, 5.74) is 1.17. The summed E-state index contributed by atoms with van der Waals surface area (Å²) in [6.45, 7) is 4.19. The van der Waals surface area contributed by atoms with Crippen molar-refractivity contribution >= 4 is 23.1 Å². The molecule has 1 aromatic rings. The summed E-state index contributed by atoms with van der Waals surface area (Å²) in [5, 5.41) is 23.9. The van der Waals surface area contributed by atoms with Crippen molar-refractivity contribution in [1.82, 2.24) is 5.32 Å². The highest BCUT2D eigenvalue weighted by Gasteiger charge is 2.23. The third-order valence-corrected chi connectivity index (χ3v) is 5.62. The van der Waals surface area contributed by atoms with E-state index in [9.17, 15) is 15.2 Å². The van der Waals surface area contributed by atoms with Crippen molar-refractivity contribution < 1.29 is 10.0 Å². The van der Waals surface area contributed by atoms with E-state index >= 15 is 0 Å². The van der Waals surface area contributed by atoms with Crippen molar-refractivity contribution in [3.05, 3.63) is 34.4 Å². The molecule has 0 radical (unpaired) electrons. The van der Waals surface area contributed by atoms with E-state index in [2.05, 4.69) is 17.1 Å².